The minimum atomic E-state index is -0.754. The van der Waals surface area contributed by atoms with Crippen molar-refractivity contribution >= 4 is 22.8 Å². The summed E-state index contributed by atoms with van der Waals surface area (Å²) in [6, 6.07) is 4.07. The second kappa shape index (κ2) is 6.67. The van der Waals surface area contributed by atoms with Crippen LogP contribution >= 0.6 is 0 Å². The first-order valence-corrected chi connectivity index (χ1v) is 8.41. The van der Waals surface area contributed by atoms with E-state index in [-0.39, 0.29) is 18.2 Å². The van der Waals surface area contributed by atoms with E-state index in [0.717, 1.165) is 34.9 Å². The number of rotatable bonds is 4. The number of aryl methyl sites for hydroxylation is 2. The van der Waals surface area contributed by atoms with Gasteiger partial charge < -0.3 is 14.4 Å². The van der Waals surface area contributed by atoms with Crippen molar-refractivity contribution in [2.75, 3.05) is 13.1 Å². The average molecular weight is 329 g/mol. The molecule has 0 radical (unpaired) electrons. The van der Waals surface area contributed by atoms with E-state index in [0.29, 0.717) is 19.5 Å². The number of amides is 1. The Bertz CT molecular complexity index is 769. The molecular weight excluding hydrogens is 306 g/mol. The molecule has 0 atom stereocenters. The highest BCUT2D eigenvalue weighted by Crippen LogP contribution is 2.28. The molecule has 5 nitrogen and oxygen atoms in total. The van der Waals surface area contributed by atoms with E-state index in [2.05, 4.69) is 6.07 Å². The third-order valence-corrected chi connectivity index (χ3v) is 5.11. The molecule has 1 saturated heterocycles. The van der Waals surface area contributed by atoms with Gasteiger partial charge in [-0.3, -0.25) is 9.59 Å². The number of hydrogen-bond acceptors (Lipinski definition) is 3. The smallest absolute Gasteiger partial charge is 0.303 e. The number of benzene rings is 1. The van der Waals surface area contributed by atoms with Crippen molar-refractivity contribution in [2.24, 2.45) is 5.92 Å². The Hall–Kier alpha value is -2.30. The van der Waals surface area contributed by atoms with E-state index >= 15 is 0 Å². The molecule has 128 valence electrons. The maximum atomic E-state index is 12.6. The van der Waals surface area contributed by atoms with Gasteiger partial charge in [0.25, 0.3) is 0 Å². The minimum Gasteiger partial charge on any atom is -0.481 e. The molecule has 2 aromatic rings. The van der Waals surface area contributed by atoms with Gasteiger partial charge in [-0.05, 0) is 43.7 Å². The minimum absolute atomic E-state index is 0.0877. The molecular formula is C19H23NO4. The van der Waals surface area contributed by atoms with Gasteiger partial charge in [-0.15, -0.1) is 0 Å². The van der Waals surface area contributed by atoms with E-state index in [1.807, 2.05) is 24.8 Å². The van der Waals surface area contributed by atoms with E-state index in [1.165, 1.54) is 5.56 Å². The van der Waals surface area contributed by atoms with Crippen molar-refractivity contribution in [3.63, 3.8) is 0 Å². The first-order valence-electron chi connectivity index (χ1n) is 8.41. The van der Waals surface area contributed by atoms with Gasteiger partial charge in [-0.25, -0.2) is 0 Å². The number of hydrogen-bond donors (Lipinski definition) is 1. The van der Waals surface area contributed by atoms with Crippen molar-refractivity contribution in [3.05, 3.63) is 35.1 Å². The van der Waals surface area contributed by atoms with Crippen LogP contribution in [0.4, 0.5) is 0 Å². The monoisotopic (exact) mass is 329 g/mol. The number of carbonyl (C=O) groups excluding carboxylic acids is 1. The highest BCUT2D eigenvalue weighted by Gasteiger charge is 2.25. The molecule has 1 amide bonds. The van der Waals surface area contributed by atoms with Gasteiger partial charge in [-0.1, -0.05) is 12.1 Å². The highest BCUT2D eigenvalue weighted by molar-refractivity contribution is 5.89. The Morgan fingerprint density at radius 2 is 1.96 bits per heavy atom. The SMILES string of the molecule is Cc1ccc2c(CC(=O)N3CCC(CC(=O)O)CC3)coc2c1C. The Balaban J connectivity index is 1.66. The van der Waals surface area contributed by atoms with E-state index in [9.17, 15) is 9.59 Å². The first-order chi connectivity index (χ1) is 11.5. The number of nitrogens with zero attached hydrogens (tertiary/aromatic N) is 1. The normalized spacial score (nSPS) is 15.8. The van der Waals surface area contributed by atoms with Crippen LogP contribution in [0.5, 0.6) is 0 Å². The maximum absolute atomic E-state index is 12.6. The van der Waals surface area contributed by atoms with Crippen LogP contribution in [0.25, 0.3) is 11.0 Å². The number of carboxylic acids is 1. The van der Waals surface area contributed by atoms with Crippen molar-refractivity contribution < 1.29 is 19.1 Å². The summed E-state index contributed by atoms with van der Waals surface area (Å²) in [5.41, 5.74) is 4.07. The van der Waals surface area contributed by atoms with Gasteiger partial charge in [-0.2, -0.15) is 0 Å². The van der Waals surface area contributed by atoms with Crippen molar-refractivity contribution in [1.29, 1.82) is 0 Å². The largest absolute Gasteiger partial charge is 0.481 e. The highest BCUT2D eigenvalue weighted by atomic mass is 16.4. The summed E-state index contributed by atoms with van der Waals surface area (Å²) in [4.78, 5) is 25.2. The molecule has 0 bridgehead atoms. The molecule has 0 aliphatic carbocycles. The molecule has 24 heavy (non-hydrogen) atoms. The number of aliphatic carboxylic acids is 1. The summed E-state index contributed by atoms with van der Waals surface area (Å²) in [6.07, 6.45) is 3.75. The average Bonchev–Trinajstić information content (AvgIpc) is 2.94. The fraction of sp³-hybridized carbons (Fsp3) is 0.474. The first kappa shape index (κ1) is 16.6. The summed E-state index contributed by atoms with van der Waals surface area (Å²) in [5, 5.41) is 9.87. The molecule has 1 fully saturated rings. The van der Waals surface area contributed by atoms with Crippen LogP contribution in [-0.2, 0) is 16.0 Å². The third kappa shape index (κ3) is 3.30. The lowest BCUT2D eigenvalue weighted by molar-refractivity contribution is -0.138. The second-order valence-corrected chi connectivity index (χ2v) is 6.74. The topological polar surface area (TPSA) is 70.8 Å². The Morgan fingerprint density at radius 3 is 2.62 bits per heavy atom. The maximum Gasteiger partial charge on any atom is 0.303 e. The summed E-state index contributed by atoms with van der Waals surface area (Å²) >= 11 is 0. The number of carboxylic acid groups (broad SMARTS) is 1. The standard InChI is InChI=1S/C19H23NO4/c1-12-3-4-16-15(11-24-19(16)13(12)2)10-17(21)20-7-5-14(6-8-20)9-18(22)23/h3-4,11,14H,5-10H2,1-2H3,(H,22,23). The van der Waals surface area contributed by atoms with Crippen LogP contribution in [-0.4, -0.2) is 35.0 Å². The van der Waals surface area contributed by atoms with Gasteiger partial charge in [0, 0.05) is 30.5 Å². The predicted octanol–water partition coefficient (Wildman–Crippen LogP) is 3.31. The molecule has 2 heterocycles. The molecule has 0 spiro atoms. The lowest BCUT2D eigenvalue weighted by Gasteiger charge is -2.31. The molecule has 0 unspecified atom stereocenters. The zero-order valence-corrected chi connectivity index (χ0v) is 14.2. The number of carbonyl (C=O) groups is 2. The third-order valence-electron chi connectivity index (χ3n) is 5.11. The van der Waals surface area contributed by atoms with Crippen LogP contribution in [0.2, 0.25) is 0 Å². The molecule has 1 aromatic carbocycles. The van der Waals surface area contributed by atoms with Gasteiger partial charge in [0.05, 0.1) is 12.7 Å². The van der Waals surface area contributed by atoms with Crippen molar-refractivity contribution in [3.8, 4) is 0 Å². The van der Waals surface area contributed by atoms with Crippen molar-refractivity contribution in [1.82, 2.24) is 4.90 Å². The molecule has 1 aliphatic rings. The lowest BCUT2D eigenvalue weighted by Crippen LogP contribution is -2.39. The summed E-state index contributed by atoms with van der Waals surface area (Å²) < 4.78 is 5.67. The Kier molecular flexibility index (Phi) is 4.60. The van der Waals surface area contributed by atoms with Crippen LogP contribution < -0.4 is 0 Å². The van der Waals surface area contributed by atoms with Crippen LogP contribution in [0.15, 0.2) is 22.8 Å². The van der Waals surface area contributed by atoms with E-state index in [4.69, 9.17) is 9.52 Å². The second-order valence-electron chi connectivity index (χ2n) is 6.74. The fourth-order valence-corrected chi connectivity index (χ4v) is 3.43. The number of fused-ring (bicyclic) bond motifs is 1. The van der Waals surface area contributed by atoms with Gasteiger partial charge in [0.2, 0.25) is 5.91 Å². The van der Waals surface area contributed by atoms with Gasteiger partial charge in [0.15, 0.2) is 0 Å². The van der Waals surface area contributed by atoms with Crippen LogP contribution in [0, 0.1) is 19.8 Å². The number of furan rings is 1. The molecule has 0 saturated carbocycles. The zero-order valence-electron chi connectivity index (χ0n) is 14.2. The van der Waals surface area contributed by atoms with E-state index in [1.54, 1.807) is 6.26 Å². The lowest BCUT2D eigenvalue weighted by atomic mass is 9.93. The fourth-order valence-electron chi connectivity index (χ4n) is 3.43. The Morgan fingerprint density at radius 1 is 1.25 bits per heavy atom. The summed E-state index contributed by atoms with van der Waals surface area (Å²) in [6.45, 7) is 5.36. The molecule has 5 heteroatoms. The molecule has 1 aliphatic heterocycles. The summed E-state index contributed by atoms with van der Waals surface area (Å²) in [5.74, 6) is -0.480. The number of likely N-dealkylation sites (tertiary alicyclic amines) is 1. The van der Waals surface area contributed by atoms with Crippen molar-refractivity contribution in [2.45, 2.75) is 39.5 Å². The van der Waals surface area contributed by atoms with Gasteiger partial charge >= 0.3 is 5.97 Å². The molecule has 3 rings (SSSR count). The molecule has 1 aromatic heterocycles. The van der Waals surface area contributed by atoms with E-state index < -0.39 is 5.97 Å². The predicted molar refractivity (Wildman–Crippen MR) is 90.9 cm³/mol. The molecule has 1 N–H and O–H groups in total. The Labute approximate surface area is 141 Å². The quantitative estimate of drug-likeness (QED) is 0.934. The van der Waals surface area contributed by atoms with Gasteiger partial charge in [0.1, 0.15) is 5.58 Å². The van der Waals surface area contributed by atoms with Crippen LogP contribution in [0.3, 0.4) is 0 Å². The summed E-state index contributed by atoms with van der Waals surface area (Å²) in [7, 11) is 0. The zero-order chi connectivity index (χ0) is 17.3. The van der Waals surface area contributed by atoms with Crippen LogP contribution in [0.1, 0.15) is 36.0 Å². The number of piperidine rings is 1.